The van der Waals surface area contributed by atoms with Gasteiger partial charge in [0.15, 0.2) is 5.82 Å². The van der Waals surface area contributed by atoms with Crippen LogP contribution in [0.3, 0.4) is 0 Å². The second kappa shape index (κ2) is 4.16. The van der Waals surface area contributed by atoms with Gasteiger partial charge in [-0.3, -0.25) is 4.79 Å². The molecule has 1 rings (SSSR count). The van der Waals surface area contributed by atoms with Crippen molar-refractivity contribution < 1.29 is 22.7 Å². The van der Waals surface area contributed by atoms with Gasteiger partial charge in [0.2, 0.25) is 5.56 Å². The Bertz CT molecular complexity index is 441. The molecule has 0 aromatic carbocycles. The number of ether oxygens (including phenoxy) is 1. The Morgan fingerprint density at radius 2 is 2.13 bits per heavy atom. The van der Waals surface area contributed by atoms with E-state index in [9.17, 15) is 22.8 Å². The number of rotatable bonds is 2. The number of carbonyl (C=O) groups excluding carboxylic acids is 1. The number of aromatic nitrogens is 1. The van der Waals surface area contributed by atoms with Crippen LogP contribution in [-0.4, -0.2) is 18.1 Å². The summed E-state index contributed by atoms with van der Waals surface area (Å²) in [6.07, 6.45) is -3.21. The molecular formula is C8H6F3NO3. The van der Waals surface area contributed by atoms with Crippen LogP contribution in [0.5, 0.6) is 0 Å². The van der Waals surface area contributed by atoms with Gasteiger partial charge in [0.1, 0.15) is 11.3 Å². The normalized spacial score (nSPS) is 10.5. The first-order valence-corrected chi connectivity index (χ1v) is 3.76. The second-order valence-corrected chi connectivity index (χ2v) is 2.57. The summed E-state index contributed by atoms with van der Waals surface area (Å²) in [5.74, 6) is -2.66. The van der Waals surface area contributed by atoms with Crippen LogP contribution in [0.2, 0.25) is 0 Å². The first kappa shape index (κ1) is 11.3. The van der Waals surface area contributed by atoms with Crippen molar-refractivity contribution >= 4 is 5.97 Å². The minimum Gasteiger partial charge on any atom is -0.465 e. The SMILES string of the molecule is COC(=O)c1cc(=O)[nH]c(C(F)F)c1F. The van der Waals surface area contributed by atoms with E-state index in [4.69, 9.17) is 0 Å². The number of carbonyl (C=O) groups is 1. The molecule has 0 bridgehead atoms. The number of pyridine rings is 1. The van der Waals surface area contributed by atoms with E-state index >= 15 is 0 Å². The molecule has 7 heteroatoms. The van der Waals surface area contributed by atoms with E-state index < -0.39 is 35.0 Å². The number of halogens is 3. The summed E-state index contributed by atoms with van der Waals surface area (Å²) in [7, 11) is 0.949. The molecule has 15 heavy (non-hydrogen) atoms. The predicted octanol–water partition coefficient (Wildman–Crippen LogP) is 1.24. The average Bonchev–Trinajstić information content (AvgIpc) is 2.19. The minimum absolute atomic E-state index is 0.563. The molecule has 0 spiro atoms. The van der Waals surface area contributed by atoms with E-state index in [1.165, 1.54) is 0 Å². The number of alkyl halides is 2. The van der Waals surface area contributed by atoms with Gasteiger partial charge in [-0.2, -0.15) is 0 Å². The van der Waals surface area contributed by atoms with E-state index in [1.807, 2.05) is 0 Å². The number of nitrogens with one attached hydrogen (secondary N) is 1. The summed E-state index contributed by atoms with van der Waals surface area (Å²) in [5.41, 5.74) is -3.02. The zero-order chi connectivity index (χ0) is 11.6. The molecule has 1 heterocycles. The van der Waals surface area contributed by atoms with Gasteiger partial charge in [-0.15, -0.1) is 0 Å². The summed E-state index contributed by atoms with van der Waals surface area (Å²) in [4.78, 5) is 23.3. The largest absolute Gasteiger partial charge is 0.465 e. The quantitative estimate of drug-likeness (QED) is 0.764. The minimum atomic E-state index is -3.21. The predicted molar refractivity (Wildman–Crippen MR) is 43.3 cm³/mol. The average molecular weight is 221 g/mol. The third-order valence-electron chi connectivity index (χ3n) is 1.63. The summed E-state index contributed by atoms with van der Waals surface area (Å²) in [6.45, 7) is 0. The molecule has 0 radical (unpaired) electrons. The van der Waals surface area contributed by atoms with Crippen molar-refractivity contribution in [1.82, 2.24) is 4.98 Å². The maximum atomic E-state index is 13.2. The van der Waals surface area contributed by atoms with Gasteiger partial charge in [0, 0.05) is 6.07 Å². The lowest BCUT2D eigenvalue weighted by atomic mass is 10.2. The van der Waals surface area contributed by atoms with Crippen LogP contribution < -0.4 is 5.56 Å². The maximum Gasteiger partial charge on any atom is 0.341 e. The maximum absolute atomic E-state index is 13.2. The van der Waals surface area contributed by atoms with Crippen LogP contribution in [0.4, 0.5) is 13.2 Å². The Kier molecular flexibility index (Phi) is 3.13. The smallest absolute Gasteiger partial charge is 0.341 e. The molecule has 4 nitrogen and oxygen atoms in total. The Morgan fingerprint density at radius 3 is 2.60 bits per heavy atom. The molecule has 1 N–H and O–H groups in total. The van der Waals surface area contributed by atoms with Crippen LogP contribution in [0.1, 0.15) is 22.5 Å². The van der Waals surface area contributed by atoms with Gasteiger partial charge in [0.05, 0.1) is 7.11 Å². The summed E-state index contributed by atoms with van der Waals surface area (Å²) < 4.78 is 41.7. The van der Waals surface area contributed by atoms with Crippen LogP contribution in [0.15, 0.2) is 10.9 Å². The molecule has 1 aromatic rings. The Balaban J connectivity index is 3.41. The van der Waals surface area contributed by atoms with E-state index in [0.717, 1.165) is 7.11 Å². The third kappa shape index (κ3) is 2.17. The number of aromatic amines is 1. The van der Waals surface area contributed by atoms with E-state index in [0.29, 0.717) is 6.07 Å². The molecular weight excluding hydrogens is 215 g/mol. The number of H-pyrrole nitrogens is 1. The van der Waals surface area contributed by atoms with Crippen LogP contribution in [-0.2, 0) is 4.74 Å². The van der Waals surface area contributed by atoms with Crippen molar-refractivity contribution in [2.24, 2.45) is 0 Å². The van der Waals surface area contributed by atoms with Gasteiger partial charge in [0.25, 0.3) is 6.43 Å². The molecule has 1 aromatic heterocycles. The number of methoxy groups -OCH3 is 1. The van der Waals surface area contributed by atoms with Gasteiger partial charge in [-0.05, 0) is 0 Å². The lowest BCUT2D eigenvalue weighted by Crippen LogP contribution is -2.17. The van der Waals surface area contributed by atoms with Crippen LogP contribution >= 0.6 is 0 Å². The first-order chi connectivity index (χ1) is 6.97. The highest BCUT2D eigenvalue weighted by Crippen LogP contribution is 2.20. The van der Waals surface area contributed by atoms with Crippen molar-refractivity contribution in [1.29, 1.82) is 0 Å². The van der Waals surface area contributed by atoms with E-state index in [2.05, 4.69) is 4.74 Å². The third-order valence-corrected chi connectivity index (χ3v) is 1.63. The summed E-state index contributed by atoms with van der Waals surface area (Å²) in [5, 5.41) is 0. The number of esters is 1. The molecule has 0 saturated carbocycles. The van der Waals surface area contributed by atoms with Crippen molar-refractivity contribution in [3.8, 4) is 0 Å². The lowest BCUT2D eigenvalue weighted by Gasteiger charge is -2.05. The zero-order valence-corrected chi connectivity index (χ0v) is 7.51. The van der Waals surface area contributed by atoms with Gasteiger partial charge in [-0.1, -0.05) is 0 Å². The highest BCUT2D eigenvalue weighted by atomic mass is 19.3. The zero-order valence-electron chi connectivity index (χ0n) is 7.51. The molecule has 0 aliphatic carbocycles. The van der Waals surface area contributed by atoms with Crippen LogP contribution in [0.25, 0.3) is 0 Å². The fourth-order valence-electron chi connectivity index (χ4n) is 0.972. The Labute approximate surface area is 81.7 Å². The summed E-state index contributed by atoms with van der Waals surface area (Å²) >= 11 is 0. The molecule has 0 amide bonds. The standard InChI is InChI=1S/C8H6F3NO3/c1-15-8(14)3-2-4(13)12-6(5(3)9)7(10)11/h2,7H,1H3,(H,12,13). The number of hydrogen-bond donors (Lipinski definition) is 1. The van der Waals surface area contributed by atoms with E-state index in [1.54, 1.807) is 4.98 Å². The molecule has 0 atom stereocenters. The molecule has 82 valence electrons. The number of hydrogen-bond acceptors (Lipinski definition) is 3. The topological polar surface area (TPSA) is 59.2 Å². The Morgan fingerprint density at radius 1 is 1.53 bits per heavy atom. The molecule has 0 aliphatic heterocycles. The highest BCUT2D eigenvalue weighted by Gasteiger charge is 2.22. The fraction of sp³-hybridized carbons (Fsp3) is 0.250. The first-order valence-electron chi connectivity index (χ1n) is 3.76. The van der Waals surface area contributed by atoms with Crippen molar-refractivity contribution in [2.45, 2.75) is 6.43 Å². The molecule has 0 unspecified atom stereocenters. The fourth-order valence-corrected chi connectivity index (χ4v) is 0.972. The molecule has 0 fully saturated rings. The second-order valence-electron chi connectivity index (χ2n) is 2.57. The summed E-state index contributed by atoms with van der Waals surface area (Å²) in [6, 6.07) is 0.563. The highest BCUT2D eigenvalue weighted by molar-refractivity contribution is 5.89. The lowest BCUT2D eigenvalue weighted by molar-refractivity contribution is 0.0593. The van der Waals surface area contributed by atoms with Gasteiger partial charge >= 0.3 is 5.97 Å². The van der Waals surface area contributed by atoms with Crippen molar-refractivity contribution in [2.75, 3.05) is 7.11 Å². The Hall–Kier alpha value is -1.79. The van der Waals surface area contributed by atoms with Gasteiger partial charge in [-0.25, -0.2) is 18.0 Å². The monoisotopic (exact) mass is 221 g/mol. The van der Waals surface area contributed by atoms with Crippen molar-refractivity contribution in [3.05, 3.63) is 33.5 Å². The van der Waals surface area contributed by atoms with E-state index in [-0.39, 0.29) is 0 Å². The van der Waals surface area contributed by atoms with Crippen LogP contribution in [0, 0.1) is 5.82 Å². The van der Waals surface area contributed by atoms with Crippen molar-refractivity contribution in [3.63, 3.8) is 0 Å². The molecule has 0 aliphatic rings. The van der Waals surface area contributed by atoms with Gasteiger partial charge < -0.3 is 9.72 Å². The molecule has 0 saturated heterocycles.